The number of hydrogen-bond donors (Lipinski definition) is 7. The third kappa shape index (κ3) is 13.2. The number of carbonyl (C=O) groups excluding carboxylic acids is 6. The van der Waals surface area contributed by atoms with E-state index in [1.807, 2.05) is 46.7 Å². The summed E-state index contributed by atoms with van der Waals surface area (Å²) in [6, 6.07) is 8.63. The number of aliphatic hydroxyl groups excluding tert-OH is 1. The van der Waals surface area contributed by atoms with Gasteiger partial charge in [-0.25, -0.2) is 23.7 Å². The molecule has 4 aromatic heterocycles. The number of rotatable bonds is 21. The lowest BCUT2D eigenvalue weighted by molar-refractivity contribution is -0.145. The van der Waals surface area contributed by atoms with Crippen LogP contribution in [-0.2, 0) is 24.0 Å². The molecule has 10 rings (SSSR count). The number of alkyl halides is 1. The van der Waals surface area contributed by atoms with E-state index < -0.39 is 58.9 Å². The van der Waals surface area contributed by atoms with Gasteiger partial charge in [0.05, 0.1) is 70.7 Å². The summed E-state index contributed by atoms with van der Waals surface area (Å²) in [5.41, 5.74) is 4.73. The number of nitrogens with zero attached hydrogens (tertiary/aromatic N) is 8. The third-order valence-electron chi connectivity index (χ3n) is 15.4. The molecular weight excluding hydrogens is 1060 g/mol. The van der Waals surface area contributed by atoms with Crippen LogP contribution in [0.15, 0.2) is 72.8 Å². The van der Waals surface area contributed by atoms with Crippen molar-refractivity contribution in [2.45, 2.75) is 115 Å². The normalized spacial score (nSPS) is 18.8. The molecule has 21 nitrogen and oxygen atoms in total. The lowest BCUT2D eigenvalue weighted by Crippen LogP contribution is -2.59. The number of imidazole rings is 1. The molecule has 2 aliphatic carbocycles. The van der Waals surface area contributed by atoms with Gasteiger partial charge in [-0.3, -0.25) is 43.2 Å². The van der Waals surface area contributed by atoms with E-state index in [1.54, 1.807) is 55.8 Å². The van der Waals surface area contributed by atoms with Crippen LogP contribution < -0.4 is 26.6 Å². The molecule has 4 fully saturated rings. The number of β-amino-alcohol motifs (C(OH)–C–C–N with tert-alkyl or cyclic N) is 1. The number of piperazine rings is 1. The molecule has 24 heteroatoms. The summed E-state index contributed by atoms with van der Waals surface area (Å²) in [6.07, 6.45) is 9.21. The molecule has 0 bridgehead atoms. The number of aromatic amines is 1. The van der Waals surface area contributed by atoms with Gasteiger partial charge >= 0.3 is 0 Å². The van der Waals surface area contributed by atoms with Gasteiger partial charge in [-0.05, 0) is 80.2 Å². The lowest BCUT2D eigenvalue weighted by Gasteiger charge is -2.36. The van der Waals surface area contributed by atoms with Gasteiger partial charge in [0.2, 0.25) is 23.6 Å². The van der Waals surface area contributed by atoms with Crippen LogP contribution in [0.2, 0.25) is 0 Å². The highest BCUT2D eigenvalue weighted by Crippen LogP contribution is 2.42. The van der Waals surface area contributed by atoms with Crippen LogP contribution >= 0.6 is 11.3 Å². The second-order valence-electron chi connectivity index (χ2n) is 22.7. The zero-order valence-corrected chi connectivity index (χ0v) is 46.6. The Hall–Kier alpha value is -7.70. The van der Waals surface area contributed by atoms with E-state index in [0.29, 0.717) is 75.1 Å². The first kappa shape index (κ1) is 56.6. The minimum Gasteiger partial charge on any atom is -0.391 e. The van der Waals surface area contributed by atoms with E-state index >= 15 is 4.39 Å². The van der Waals surface area contributed by atoms with Gasteiger partial charge < -0.3 is 41.5 Å². The van der Waals surface area contributed by atoms with Crippen molar-refractivity contribution in [2.24, 2.45) is 5.41 Å². The van der Waals surface area contributed by atoms with Crippen molar-refractivity contribution >= 4 is 63.9 Å². The monoisotopic (exact) mass is 1130 g/mol. The summed E-state index contributed by atoms with van der Waals surface area (Å²) in [4.78, 5) is 101. The molecule has 2 aliphatic heterocycles. The molecule has 6 amide bonds. The van der Waals surface area contributed by atoms with Crippen molar-refractivity contribution in [2.75, 3.05) is 57.7 Å². The predicted octanol–water partition coefficient (Wildman–Crippen LogP) is 5.32. The number of anilines is 2. The van der Waals surface area contributed by atoms with Gasteiger partial charge in [0.15, 0.2) is 17.1 Å². The Kier molecular flexibility index (Phi) is 16.6. The quantitative estimate of drug-likeness (QED) is 0.0451. The van der Waals surface area contributed by atoms with Crippen molar-refractivity contribution in [3.8, 4) is 21.7 Å². The number of fused-ring (bicyclic) bond motifs is 1. The molecule has 0 unspecified atom stereocenters. The average molecular weight is 1130 g/mol. The Labute approximate surface area is 471 Å². The van der Waals surface area contributed by atoms with Crippen molar-refractivity contribution in [1.29, 1.82) is 0 Å². The molecule has 2 saturated heterocycles. The molecule has 7 N–H and O–H groups in total. The van der Waals surface area contributed by atoms with E-state index in [9.17, 15) is 38.3 Å². The maximum absolute atomic E-state index is 15.7. The van der Waals surface area contributed by atoms with Crippen LogP contribution in [0.5, 0.6) is 0 Å². The molecule has 6 aromatic rings. The van der Waals surface area contributed by atoms with Gasteiger partial charge in [0.25, 0.3) is 11.8 Å². The number of aryl methyl sites for hydroxylation is 1. The number of hydrogen-bond acceptors (Lipinski definition) is 14. The Bertz CT molecular complexity index is 3290. The maximum Gasteiger partial charge on any atom is 0.258 e. The van der Waals surface area contributed by atoms with Gasteiger partial charge in [-0.2, -0.15) is 5.10 Å². The molecule has 6 heterocycles. The van der Waals surface area contributed by atoms with Crippen LogP contribution in [0.25, 0.3) is 27.3 Å². The van der Waals surface area contributed by atoms with Gasteiger partial charge in [0, 0.05) is 81.7 Å². The van der Waals surface area contributed by atoms with Gasteiger partial charge in [-0.15, -0.1) is 11.3 Å². The number of carbonyl (C=O) groups is 6. The van der Waals surface area contributed by atoms with Crippen LogP contribution in [0, 0.1) is 18.2 Å². The second-order valence-corrected chi connectivity index (χ2v) is 23.6. The fourth-order valence-corrected chi connectivity index (χ4v) is 11.2. The fraction of sp³-hybridized carbons (Fsp3) is 0.474. The number of benzene rings is 2. The highest BCUT2D eigenvalue weighted by Gasteiger charge is 2.53. The Morgan fingerprint density at radius 2 is 1.64 bits per heavy atom. The molecule has 2 aromatic carbocycles. The molecule has 81 heavy (non-hydrogen) atoms. The van der Waals surface area contributed by atoms with E-state index in [1.165, 1.54) is 28.4 Å². The first-order valence-electron chi connectivity index (χ1n) is 27.6. The van der Waals surface area contributed by atoms with Crippen LogP contribution in [0.1, 0.15) is 111 Å². The number of nitrogens with one attached hydrogen (secondary N) is 6. The van der Waals surface area contributed by atoms with Gasteiger partial charge in [-0.1, -0.05) is 45.0 Å². The number of amides is 6. The smallest absolute Gasteiger partial charge is 0.258 e. The fourth-order valence-electron chi connectivity index (χ4n) is 10.3. The summed E-state index contributed by atoms with van der Waals surface area (Å²) in [7, 11) is 0. The SMILES string of the molecule is Cc1ncsc1-c1ccc([C@H](CC(=O)NCCCCNC(=O)CN2CCN(C(=O)c3ccc(Nc4nc(C5CC5)cn5c(-c6cn[nH]c6)cnc45)c(F)c3)CC2)NC(=O)[C@@H]2C[C@@H](O)CN2C(=O)[C@@H](NC(=O)C2(F)CC2)C(C)(C)C)cc1. The van der Waals surface area contributed by atoms with E-state index in [4.69, 9.17) is 4.98 Å². The van der Waals surface area contributed by atoms with Crippen LogP contribution in [0.4, 0.5) is 20.3 Å². The third-order valence-corrected chi connectivity index (χ3v) is 16.4. The maximum atomic E-state index is 15.7. The molecule has 4 atom stereocenters. The Morgan fingerprint density at radius 1 is 0.914 bits per heavy atom. The first-order chi connectivity index (χ1) is 38.8. The number of thiazole rings is 1. The van der Waals surface area contributed by atoms with Crippen molar-refractivity contribution in [1.82, 2.24) is 65.5 Å². The first-order valence-corrected chi connectivity index (χ1v) is 28.5. The minimum atomic E-state index is -2.03. The number of likely N-dealkylation sites (tertiary alicyclic amines) is 1. The zero-order chi connectivity index (χ0) is 57.2. The van der Waals surface area contributed by atoms with Crippen molar-refractivity contribution < 1.29 is 42.7 Å². The molecule has 2 saturated carbocycles. The molecule has 4 aliphatic rings. The Balaban J connectivity index is 0.674. The number of aliphatic hydroxyl groups is 1. The number of halogens is 2. The zero-order valence-electron chi connectivity index (χ0n) is 45.8. The lowest BCUT2D eigenvalue weighted by atomic mass is 9.85. The standard InChI is InChI=1S/C57H68F2N14O7S/c1-33-48(81-32-63-33)36-11-9-34(10-12-36)42(68-52(77)44-24-39(74)29-73(44)54(79)49(56(2,3)4)69-55(80)57(59)15-16-57)25-46(75)60-17-5-6-18-61-47(76)31-70-19-21-71(22-20-70)53(78)37-13-14-41(40(58)23-37)66-50-51-62-28-45(38-26-64-65-27-38)72(51)30-43(67-50)35-7-8-35/h9-14,23,26-28,30,32,35,39,42,44,49,74H,5-8,15-22,24-25,29,31H2,1-4H3,(H,60,75)(H,61,76)(H,64,65)(H,66,67)(H,68,77)(H,69,80)/t39-,42+,44+,49-/m1/s1. The summed E-state index contributed by atoms with van der Waals surface area (Å²) in [5, 5.41) is 32.2. The van der Waals surface area contributed by atoms with E-state index in [2.05, 4.69) is 46.7 Å². The van der Waals surface area contributed by atoms with Crippen molar-refractivity contribution in [3.05, 3.63) is 101 Å². The van der Waals surface area contributed by atoms with Crippen molar-refractivity contribution in [3.63, 3.8) is 0 Å². The van der Waals surface area contributed by atoms with Crippen LogP contribution in [0.3, 0.4) is 0 Å². The summed E-state index contributed by atoms with van der Waals surface area (Å²) >= 11 is 1.49. The molecular formula is C57H68F2N14O7S. The average Bonchev–Trinajstić information content (AvgIpc) is 4.37. The Morgan fingerprint density at radius 3 is 2.28 bits per heavy atom. The van der Waals surface area contributed by atoms with E-state index in [-0.39, 0.29) is 67.7 Å². The summed E-state index contributed by atoms with van der Waals surface area (Å²) in [6.45, 7) is 9.34. The molecule has 428 valence electrons. The highest BCUT2D eigenvalue weighted by atomic mass is 32.1. The number of unbranched alkanes of at least 4 members (excludes halogenated alkanes) is 1. The topological polar surface area (TPSA) is 264 Å². The summed E-state index contributed by atoms with van der Waals surface area (Å²) in [5.74, 6) is -2.81. The number of H-pyrrole nitrogens is 1. The van der Waals surface area contributed by atoms with Gasteiger partial charge in [0.1, 0.15) is 17.9 Å². The number of aromatic nitrogens is 6. The largest absolute Gasteiger partial charge is 0.391 e. The molecule has 0 radical (unpaired) electrons. The predicted molar refractivity (Wildman–Crippen MR) is 298 cm³/mol. The summed E-state index contributed by atoms with van der Waals surface area (Å²) < 4.78 is 32.4. The highest BCUT2D eigenvalue weighted by molar-refractivity contribution is 7.13. The second kappa shape index (κ2) is 23.8. The molecule has 0 spiro atoms. The minimum absolute atomic E-state index is 0.0652. The van der Waals surface area contributed by atoms with Crippen LogP contribution in [-0.4, -0.2) is 161 Å². The van der Waals surface area contributed by atoms with E-state index in [0.717, 1.165) is 45.9 Å².